The third-order valence-electron chi connectivity index (χ3n) is 0. The zero-order valence-corrected chi connectivity index (χ0v) is 9.97. The van der Waals surface area contributed by atoms with Crippen molar-refractivity contribution in [2.24, 2.45) is 0 Å². The first-order valence-electron chi connectivity index (χ1n) is 1.47. The van der Waals surface area contributed by atoms with Gasteiger partial charge in [-0.25, -0.2) is 0 Å². The van der Waals surface area contributed by atoms with Crippen LogP contribution in [0.1, 0.15) is 0 Å². The fourth-order valence-electron chi connectivity index (χ4n) is 0. The minimum atomic E-state index is -5.11. The van der Waals surface area contributed by atoms with E-state index in [1.54, 1.807) is 0 Å². The molecule has 0 unspecified atom stereocenters. The molecule has 0 aromatic heterocycles. The summed E-state index contributed by atoms with van der Waals surface area (Å²) in [5.74, 6) is 0. The summed E-state index contributed by atoms with van der Waals surface area (Å²) in [5, 5.41) is 16.7. The van der Waals surface area contributed by atoms with E-state index in [1.807, 2.05) is 0 Å². The van der Waals surface area contributed by atoms with Crippen molar-refractivity contribution in [2.75, 3.05) is 0 Å². The molecule has 0 aliphatic carbocycles. The SMILES string of the molecule is O=C([O-])[O-].[Ca+2].[Mg+2].[O-][Si]([O-])(O)O. The summed E-state index contributed by atoms with van der Waals surface area (Å²) < 4.78 is 0. The monoisotopic (exact) mass is 218 g/mol. The summed E-state index contributed by atoms with van der Waals surface area (Å²) >= 11 is 0. The molecule has 0 aromatic carbocycles. The van der Waals surface area contributed by atoms with Crippen LogP contribution in [0, 0.1) is 0 Å². The van der Waals surface area contributed by atoms with Crippen molar-refractivity contribution < 1.29 is 34.2 Å². The second-order valence-corrected chi connectivity index (χ2v) is 1.90. The average Bonchev–Trinajstić information content (AvgIpc) is 1.19. The van der Waals surface area contributed by atoms with Crippen molar-refractivity contribution in [2.45, 2.75) is 0 Å². The van der Waals surface area contributed by atoms with Gasteiger partial charge in [0.15, 0.2) is 0 Å². The molecule has 0 saturated carbocycles. The van der Waals surface area contributed by atoms with Gasteiger partial charge in [0.25, 0.3) is 0 Å². The fourth-order valence-corrected chi connectivity index (χ4v) is 0. The van der Waals surface area contributed by atoms with E-state index in [4.69, 9.17) is 34.2 Å². The molecule has 10 heteroatoms. The van der Waals surface area contributed by atoms with Crippen LogP contribution in [0.25, 0.3) is 0 Å². The van der Waals surface area contributed by atoms with Crippen molar-refractivity contribution >= 4 is 76.0 Å². The number of carboxylic acid groups (broad SMARTS) is 2. The summed E-state index contributed by atoms with van der Waals surface area (Å²) in [6.45, 7) is 0. The van der Waals surface area contributed by atoms with Gasteiger partial charge in [0.05, 0.1) is 0 Å². The van der Waals surface area contributed by atoms with Gasteiger partial charge in [-0.05, 0) is 6.16 Å². The molecule has 0 radical (unpaired) electrons. The molecule has 0 fully saturated rings. The standard InChI is InChI=1S/CH2O3.Ca.Mg.H2O4Si/c2-1(3)4;;;1-5(2,3)4/h(H2,2,3,4);;;1-2H/q;2*+2;-2/p-2. The van der Waals surface area contributed by atoms with Gasteiger partial charge in [-0.15, -0.1) is 0 Å². The maximum absolute atomic E-state index is 8.80. The van der Waals surface area contributed by atoms with Crippen LogP contribution in [0.15, 0.2) is 0 Å². The van der Waals surface area contributed by atoms with E-state index in [0.29, 0.717) is 0 Å². The van der Waals surface area contributed by atoms with Gasteiger partial charge in [0, 0.05) is 0 Å². The van der Waals surface area contributed by atoms with Crippen molar-refractivity contribution in [3.63, 3.8) is 0 Å². The zero-order chi connectivity index (χ0) is 8.08. The van der Waals surface area contributed by atoms with Gasteiger partial charge < -0.3 is 34.2 Å². The van der Waals surface area contributed by atoms with E-state index >= 15 is 0 Å². The Hall–Kier alpha value is 1.35. The van der Waals surface area contributed by atoms with Crippen LogP contribution >= 0.6 is 0 Å². The average molecular weight is 218 g/mol. The second kappa shape index (κ2) is 11.4. The Labute approximate surface area is 109 Å². The molecule has 56 valence electrons. The van der Waals surface area contributed by atoms with E-state index in [-0.39, 0.29) is 60.8 Å². The summed E-state index contributed by atoms with van der Waals surface area (Å²) in [5.41, 5.74) is 0. The Bertz CT molecular complexity index is 80.9. The maximum Gasteiger partial charge on any atom is 2.00 e. The third kappa shape index (κ3) is 543. The molecule has 0 saturated heterocycles. The molecule has 0 aliphatic heterocycles. The topological polar surface area (TPSA) is 150 Å². The molecular weight excluding hydrogens is 216 g/mol. The van der Waals surface area contributed by atoms with Crippen LogP contribution in [-0.4, -0.2) is 85.6 Å². The molecule has 0 aromatic rings. The van der Waals surface area contributed by atoms with E-state index in [9.17, 15) is 0 Å². The Morgan fingerprint density at radius 1 is 1.18 bits per heavy atom. The van der Waals surface area contributed by atoms with Crippen molar-refractivity contribution in [1.82, 2.24) is 0 Å². The number of rotatable bonds is 0. The van der Waals surface area contributed by atoms with Crippen LogP contribution in [0.2, 0.25) is 0 Å². The molecule has 2 N–H and O–H groups in total. The molecule has 0 amide bonds. The first-order chi connectivity index (χ1) is 3.73. The molecular formula is CH2CaMgO7Si. The molecule has 0 atom stereocenters. The van der Waals surface area contributed by atoms with Crippen LogP contribution in [0.3, 0.4) is 0 Å². The van der Waals surface area contributed by atoms with Crippen molar-refractivity contribution in [3.05, 3.63) is 0 Å². The number of hydrogen-bond acceptors (Lipinski definition) is 7. The van der Waals surface area contributed by atoms with Crippen LogP contribution in [-0.2, 0) is 0 Å². The summed E-state index contributed by atoms with van der Waals surface area (Å²) in [6, 6.07) is 0. The summed E-state index contributed by atoms with van der Waals surface area (Å²) in [7, 11) is -5.11. The number of carbonyl (C=O) groups excluding carboxylic acids is 1. The first-order valence-corrected chi connectivity index (χ1v) is 3.18. The normalized spacial score (nSPS) is 7.64. The van der Waals surface area contributed by atoms with Gasteiger partial charge in [-0.1, -0.05) is 0 Å². The van der Waals surface area contributed by atoms with Crippen molar-refractivity contribution in [1.29, 1.82) is 0 Å². The Balaban J connectivity index is -0.0000000383. The van der Waals surface area contributed by atoms with E-state index < -0.39 is 15.2 Å². The van der Waals surface area contributed by atoms with E-state index in [1.165, 1.54) is 0 Å². The van der Waals surface area contributed by atoms with E-state index in [0.717, 1.165) is 0 Å². The first kappa shape index (κ1) is 22.8. The number of hydrogen-bond donors (Lipinski definition) is 2. The van der Waals surface area contributed by atoms with Crippen LogP contribution in [0.4, 0.5) is 4.79 Å². The molecule has 0 spiro atoms. The molecule has 11 heavy (non-hydrogen) atoms. The van der Waals surface area contributed by atoms with E-state index in [2.05, 4.69) is 0 Å². The molecule has 7 nitrogen and oxygen atoms in total. The van der Waals surface area contributed by atoms with Gasteiger partial charge in [0.1, 0.15) is 9.05 Å². The summed E-state index contributed by atoms with van der Waals surface area (Å²) in [4.78, 5) is 40.1. The summed E-state index contributed by atoms with van der Waals surface area (Å²) in [6.07, 6.45) is -2.33. The largest absolute Gasteiger partial charge is 2.00 e. The smallest absolute Gasteiger partial charge is 0.828 e. The van der Waals surface area contributed by atoms with Crippen LogP contribution < -0.4 is 19.8 Å². The van der Waals surface area contributed by atoms with Gasteiger partial charge in [-0.3, -0.25) is 0 Å². The number of carbonyl (C=O) groups is 1. The van der Waals surface area contributed by atoms with Crippen molar-refractivity contribution in [3.8, 4) is 0 Å². The molecule has 0 rings (SSSR count). The minimum Gasteiger partial charge on any atom is -0.828 e. The van der Waals surface area contributed by atoms with Crippen LogP contribution in [0.5, 0.6) is 0 Å². The van der Waals surface area contributed by atoms with Gasteiger partial charge in [-0.2, -0.15) is 0 Å². The minimum absolute atomic E-state index is 0. The second-order valence-electron chi connectivity index (χ2n) is 0.798. The Morgan fingerprint density at radius 3 is 1.18 bits per heavy atom. The van der Waals surface area contributed by atoms with Gasteiger partial charge >= 0.3 is 60.8 Å². The maximum atomic E-state index is 8.80. The molecule has 0 aliphatic rings. The predicted octanol–water partition coefficient (Wildman–Crippen LogP) is -7.08. The molecule has 0 heterocycles. The third-order valence-corrected chi connectivity index (χ3v) is 0. The Kier molecular flexibility index (Phi) is 23.6. The predicted molar refractivity (Wildman–Crippen MR) is 27.1 cm³/mol. The van der Waals surface area contributed by atoms with Gasteiger partial charge in [0.2, 0.25) is 0 Å². The quantitative estimate of drug-likeness (QED) is 0.383. The Morgan fingerprint density at radius 2 is 1.18 bits per heavy atom. The molecule has 0 bridgehead atoms. The zero-order valence-electron chi connectivity index (χ0n) is 5.35. The fraction of sp³-hybridized carbons (Fsp3) is 0.